The highest BCUT2D eigenvalue weighted by molar-refractivity contribution is 7.56. The highest BCUT2D eigenvalue weighted by atomic mass is 31.2. The number of hydrogen-bond acceptors (Lipinski definition) is 6. The lowest BCUT2D eigenvalue weighted by Crippen LogP contribution is -2.17. The number of carbonyl (C=O) groups excluding carboxylic acids is 1. The molecular weight excluding hydrogens is 287 g/mol. The molecule has 1 aromatic heterocycles. The first-order valence-corrected chi connectivity index (χ1v) is 7.53. The van der Waals surface area contributed by atoms with Crippen molar-refractivity contribution in [2.24, 2.45) is 5.73 Å². The molecule has 1 saturated heterocycles. The van der Waals surface area contributed by atoms with Crippen molar-refractivity contribution in [3.8, 4) is 0 Å². The van der Waals surface area contributed by atoms with Gasteiger partial charge in [-0.25, -0.2) is 9.67 Å². The van der Waals surface area contributed by atoms with Gasteiger partial charge in [-0.05, 0) is 12.8 Å². The lowest BCUT2D eigenvalue weighted by molar-refractivity contribution is -0.0249. The number of aromatic nitrogens is 3. The molecule has 0 aromatic carbocycles. The van der Waals surface area contributed by atoms with E-state index in [2.05, 4.69) is 16.7 Å². The zero-order valence-corrected chi connectivity index (χ0v) is 11.5. The van der Waals surface area contributed by atoms with E-state index in [0.29, 0.717) is 12.8 Å². The molecule has 0 saturated carbocycles. The molecule has 0 spiro atoms. The van der Waals surface area contributed by atoms with Crippen LogP contribution in [-0.2, 0) is 13.8 Å². The van der Waals surface area contributed by atoms with Crippen molar-refractivity contribution in [3.05, 3.63) is 24.5 Å². The summed E-state index contributed by atoms with van der Waals surface area (Å²) in [5, 5.41) is 3.90. The normalized spacial score (nSPS) is 25.2. The molecule has 110 valence electrons. The van der Waals surface area contributed by atoms with Gasteiger partial charge in [-0.1, -0.05) is 6.58 Å². The molecule has 3 N–H and O–H groups in total. The minimum Gasteiger partial charge on any atom is -0.363 e. The van der Waals surface area contributed by atoms with Gasteiger partial charge in [0.1, 0.15) is 6.33 Å². The van der Waals surface area contributed by atoms with Crippen LogP contribution < -0.4 is 5.73 Å². The average molecular weight is 302 g/mol. The van der Waals surface area contributed by atoms with Gasteiger partial charge in [-0.2, -0.15) is 0 Å². The van der Waals surface area contributed by atoms with Crippen LogP contribution in [0.5, 0.6) is 0 Å². The van der Waals surface area contributed by atoms with Crippen LogP contribution in [0.1, 0.15) is 29.7 Å². The van der Waals surface area contributed by atoms with E-state index in [1.54, 1.807) is 0 Å². The molecule has 2 heterocycles. The molecule has 3 atom stereocenters. The highest BCUT2D eigenvalue weighted by Crippen LogP contribution is 2.43. The number of hydrogen-bond donors (Lipinski definition) is 2. The fourth-order valence-corrected chi connectivity index (χ4v) is 2.26. The van der Waals surface area contributed by atoms with Gasteiger partial charge in [-0.3, -0.25) is 9.36 Å². The first kappa shape index (κ1) is 14.9. The molecule has 10 heteroatoms. The van der Waals surface area contributed by atoms with Crippen LogP contribution >= 0.6 is 7.60 Å². The van der Waals surface area contributed by atoms with E-state index in [-0.39, 0.29) is 18.5 Å². The highest BCUT2D eigenvalue weighted by Gasteiger charge is 2.29. The predicted molar refractivity (Wildman–Crippen MR) is 67.7 cm³/mol. The second-order valence-electron chi connectivity index (χ2n) is 4.24. The fraction of sp³-hybridized carbons (Fsp3) is 0.500. The zero-order valence-electron chi connectivity index (χ0n) is 10.6. The van der Waals surface area contributed by atoms with Crippen LogP contribution in [-0.4, -0.2) is 38.3 Å². The minimum atomic E-state index is -3.74. The summed E-state index contributed by atoms with van der Waals surface area (Å²) >= 11 is 0. The molecule has 2 rings (SSSR count). The molecule has 1 aliphatic heterocycles. The van der Waals surface area contributed by atoms with E-state index in [4.69, 9.17) is 15.0 Å². The largest absolute Gasteiger partial charge is 0.363 e. The lowest BCUT2D eigenvalue weighted by atomic mass is 10.2. The standard InChI is InChI=1S/C10H15N4O5P/c1-2-20(16,17)18-5-7-3-4-8(19-7)14-6-12-10(13-14)9(11)15/h2,6-8H,1,3-5H2,(H2,11,15)(H,16,17)/t7-,8+/m0/s1. The Morgan fingerprint density at radius 3 is 3.10 bits per heavy atom. The average Bonchev–Trinajstić information content (AvgIpc) is 3.05. The third kappa shape index (κ3) is 3.51. The summed E-state index contributed by atoms with van der Waals surface area (Å²) in [4.78, 5) is 23.9. The molecule has 1 aliphatic rings. The van der Waals surface area contributed by atoms with E-state index in [1.165, 1.54) is 11.0 Å². The lowest BCUT2D eigenvalue weighted by Gasteiger charge is -2.14. The Kier molecular flexibility index (Phi) is 4.34. The molecule has 1 amide bonds. The maximum atomic E-state index is 11.2. The van der Waals surface area contributed by atoms with Crippen LogP contribution in [0.4, 0.5) is 0 Å². The summed E-state index contributed by atoms with van der Waals surface area (Å²) in [5.74, 6) is 0.0735. The van der Waals surface area contributed by atoms with E-state index in [1.807, 2.05) is 0 Å². The molecule has 0 aliphatic carbocycles. The number of rotatable bonds is 6. The van der Waals surface area contributed by atoms with Crippen molar-refractivity contribution >= 4 is 13.5 Å². The number of amides is 1. The number of primary amides is 1. The monoisotopic (exact) mass is 302 g/mol. The number of ether oxygens (including phenoxy) is 1. The fourth-order valence-electron chi connectivity index (χ4n) is 1.77. The quantitative estimate of drug-likeness (QED) is 0.727. The molecule has 1 aromatic rings. The molecule has 20 heavy (non-hydrogen) atoms. The van der Waals surface area contributed by atoms with Crippen LogP contribution in [0.25, 0.3) is 0 Å². The summed E-state index contributed by atoms with van der Waals surface area (Å²) in [6.45, 7) is 3.19. The molecular formula is C10H15N4O5P. The molecule has 1 fully saturated rings. The first-order valence-electron chi connectivity index (χ1n) is 5.88. The second-order valence-corrected chi connectivity index (χ2v) is 6.00. The van der Waals surface area contributed by atoms with Crippen LogP contribution in [0.3, 0.4) is 0 Å². The minimum absolute atomic E-state index is 0.0202. The molecule has 1 unspecified atom stereocenters. The topological polar surface area (TPSA) is 130 Å². The van der Waals surface area contributed by atoms with Gasteiger partial charge >= 0.3 is 7.60 Å². The van der Waals surface area contributed by atoms with Crippen molar-refractivity contribution in [2.75, 3.05) is 6.61 Å². The van der Waals surface area contributed by atoms with Gasteiger partial charge in [0.25, 0.3) is 5.91 Å². The summed E-state index contributed by atoms with van der Waals surface area (Å²) in [6.07, 6.45) is 1.88. The van der Waals surface area contributed by atoms with Crippen LogP contribution in [0.2, 0.25) is 0 Å². The molecule has 0 bridgehead atoms. The third-order valence-corrected chi connectivity index (χ3v) is 3.77. The third-order valence-electron chi connectivity index (χ3n) is 2.79. The van der Waals surface area contributed by atoms with Crippen molar-refractivity contribution < 1.29 is 23.5 Å². The zero-order chi connectivity index (χ0) is 14.8. The van der Waals surface area contributed by atoms with E-state index >= 15 is 0 Å². The summed E-state index contributed by atoms with van der Waals surface area (Å²) < 4.78 is 23.1. The van der Waals surface area contributed by atoms with E-state index in [9.17, 15) is 14.3 Å². The van der Waals surface area contributed by atoms with Crippen molar-refractivity contribution in [2.45, 2.75) is 25.2 Å². The Balaban J connectivity index is 1.90. The summed E-state index contributed by atoms with van der Waals surface area (Å²) in [7, 11) is -3.74. The van der Waals surface area contributed by atoms with Gasteiger partial charge in [0.15, 0.2) is 6.23 Å². The summed E-state index contributed by atoms with van der Waals surface area (Å²) in [6, 6.07) is 0. The van der Waals surface area contributed by atoms with E-state index < -0.39 is 19.7 Å². The maximum absolute atomic E-state index is 11.2. The van der Waals surface area contributed by atoms with E-state index in [0.717, 1.165) is 5.82 Å². The first-order chi connectivity index (χ1) is 9.41. The second kappa shape index (κ2) is 5.84. The smallest absolute Gasteiger partial charge is 0.351 e. The van der Waals surface area contributed by atoms with Crippen molar-refractivity contribution in [1.82, 2.24) is 14.8 Å². The Hall–Kier alpha value is -1.54. The number of carbonyl (C=O) groups is 1. The predicted octanol–water partition coefficient (Wildman–Crippen LogP) is 0.400. The molecule has 0 radical (unpaired) electrons. The Morgan fingerprint density at radius 1 is 1.75 bits per heavy atom. The van der Waals surface area contributed by atoms with Gasteiger partial charge < -0.3 is 19.9 Å². The SMILES string of the molecule is C=CP(=O)(O)OC[C@@H]1CC[C@H](n2cnc(C(N)=O)n2)O1. The number of nitrogens with zero attached hydrogens (tertiary/aromatic N) is 3. The number of nitrogens with two attached hydrogens (primary N) is 1. The van der Waals surface area contributed by atoms with Gasteiger partial charge in [0, 0.05) is 5.82 Å². The summed E-state index contributed by atoms with van der Waals surface area (Å²) in [5.41, 5.74) is 5.06. The van der Waals surface area contributed by atoms with Gasteiger partial charge in [0.05, 0.1) is 12.7 Å². The van der Waals surface area contributed by atoms with Gasteiger partial charge in [-0.15, -0.1) is 5.10 Å². The Morgan fingerprint density at radius 2 is 2.50 bits per heavy atom. The Labute approximate surface area is 114 Å². The van der Waals surface area contributed by atoms with Gasteiger partial charge in [0.2, 0.25) is 5.82 Å². The van der Waals surface area contributed by atoms with Crippen molar-refractivity contribution in [3.63, 3.8) is 0 Å². The molecule has 9 nitrogen and oxygen atoms in total. The van der Waals surface area contributed by atoms with Crippen LogP contribution in [0.15, 0.2) is 18.7 Å². The van der Waals surface area contributed by atoms with Crippen molar-refractivity contribution in [1.29, 1.82) is 0 Å². The maximum Gasteiger partial charge on any atom is 0.351 e. The van der Waals surface area contributed by atoms with Crippen LogP contribution in [0, 0.1) is 0 Å². The Bertz CT molecular complexity index is 560.